The summed E-state index contributed by atoms with van der Waals surface area (Å²) in [6.07, 6.45) is 4.93. The van der Waals surface area contributed by atoms with Crippen LogP contribution in [0.5, 0.6) is 0 Å². The van der Waals surface area contributed by atoms with Crippen LogP contribution in [0, 0.1) is 0 Å². The van der Waals surface area contributed by atoms with E-state index < -0.39 is 0 Å². The van der Waals surface area contributed by atoms with Crippen LogP contribution in [0.15, 0.2) is 73.3 Å². The Kier molecular flexibility index (Phi) is 4.94. The number of fused-ring (bicyclic) bond motifs is 1. The van der Waals surface area contributed by atoms with Gasteiger partial charge < -0.3 is 14.2 Å². The van der Waals surface area contributed by atoms with Gasteiger partial charge in [-0.15, -0.1) is 0 Å². The summed E-state index contributed by atoms with van der Waals surface area (Å²) >= 11 is 0. The fourth-order valence-electron chi connectivity index (χ4n) is 3.72. The van der Waals surface area contributed by atoms with Crippen LogP contribution in [0.1, 0.15) is 27.7 Å². The van der Waals surface area contributed by atoms with Gasteiger partial charge in [0.2, 0.25) is 0 Å². The molecule has 0 spiro atoms. The Labute approximate surface area is 174 Å². The third kappa shape index (κ3) is 3.67. The number of morpholine rings is 1. The van der Waals surface area contributed by atoms with Crippen molar-refractivity contribution in [2.75, 3.05) is 19.7 Å². The average Bonchev–Trinajstić information content (AvgIpc) is 3.22. The minimum atomic E-state index is -0.217. The molecule has 4 heterocycles. The summed E-state index contributed by atoms with van der Waals surface area (Å²) in [6, 6.07) is 17.7. The van der Waals surface area contributed by atoms with Crippen LogP contribution >= 0.6 is 0 Å². The molecule has 0 N–H and O–H groups in total. The van der Waals surface area contributed by atoms with Crippen LogP contribution in [0.25, 0.3) is 11.2 Å². The largest absolute Gasteiger partial charge is 0.368 e. The summed E-state index contributed by atoms with van der Waals surface area (Å²) in [4.78, 5) is 28.3. The first-order valence-corrected chi connectivity index (χ1v) is 9.94. The van der Waals surface area contributed by atoms with Gasteiger partial charge in [-0.2, -0.15) is 0 Å². The quantitative estimate of drug-likeness (QED) is 0.527. The number of carbonyl (C=O) groups excluding carboxylic acids is 1. The van der Waals surface area contributed by atoms with E-state index in [-0.39, 0.29) is 12.0 Å². The fourth-order valence-corrected chi connectivity index (χ4v) is 3.72. The Morgan fingerprint density at radius 2 is 1.93 bits per heavy atom. The Morgan fingerprint density at radius 3 is 2.77 bits per heavy atom. The standard InChI is InChI=1S/C23H21N5O2/c29-23(27-10-11-30-21(15-27)19-8-4-5-9-24-19)18-12-20-22(25-13-18)28(16-26-20)14-17-6-2-1-3-7-17/h1-9,12-13,16,21H,10-11,14-15H2. The minimum Gasteiger partial charge on any atom is -0.368 e. The van der Waals surface area contributed by atoms with Crippen molar-refractivity contribution in [2.45, 2.75) is 12.6 Å². The second-order valence-corrected chi connectivity index (χ2v) is 7.29. The lowest BCUT2D eigenvalue weighted by Crippen LogP contribution is -2.42. The zero-order valence-electron chi connectivity index (χ0n) is 16.4. The monoisotopic (exact) mass is 399 g/mol. The summed E-state index contributed by atoms with van der Waals surface area (Å²) in [6.45, 7) is 2.18. The second-order valence-electron chi connectivity index (χ2n) is 7.29. The van der Waals surface area contributed by atoms with E-state index in [2.05, 4.69) is 27.1 Å². The highest BCUT2D eigenvalue weighted by atomic mass is 16.5. The van der Waals surface area contributed by atoms with E-state index in [1.54, 1.807) is 23.6 Å². The highest BCUT2D eigenvalue weighted by Crippen LogP contribution is 2.22. The van der Waals surface area contributed by atoms with E-state index in [1.165, 1.54) is 5.56 Å². The molecule has 0 aliphatic carbocycles. The molecule has 0 radical (unpaired) electrons. The van der Waals surface area contributed by atoms with Gasteiger partial charge in [-0.1, -0.05) is 36.4 Å². The number of rotatable bonds is 4. The normalized spacial score (nSPS) is 16.7. The molecular formula is C23H21N5O2. The molecule has 1 saturated heterocycles. The molecule has 1 fully saturated rings. The first-order chi connectivity index (χ1) is 14.8. The molecule has 1 unspecified atom stereocenters. The zero-order valence-corrected chi connectivity index (χ0v) is 16.4. The van der Waals surface area contributed by atoms with Gasteiger partial charge in [0, 0.05) is 18.9 Å². The zero-order chi connectivity index (χ0) is 20.3. The Morgan fingerprint density at radius 1 is 1.07 bits per heavy atom. The molecule has 150 valence electrons. The highest BCUT2D eigenvalue weighted by molar-refractivity contribution is 5.96. The number of amides is 1. The SMILES string of the molecule is O=C(c1cnc2c(c1)ncn2Cc1ccccc1)N1CCOC(c2ccccn2)C1. The molecular weight excluding hydrogens is 378 g/mol. The van der Waals surface area contributed by atoms with E-state index in [0.29, 0.717) is 37.3 Å². The topological polar surface area (TPSA) is 73.1 Å². The van der Waals surface area contributed by atoms with Gasteiger partial charge in [0.1, 0.15) is 11.6 Å². The van der Waals surface area contributed by atoms with Crippen LogP contribution in [0.4, 0.5) is 0 Å². The summed E-state index contributed by atoms with van der Waals surface area (Å²) in [7, 11) is 0. The van der Waals surface area contributed by atoms with Crippen molar-refractivity contribution < 1.29 is 9.53 Å². The van der Waals surface area contributed by atoms with Gasteiger partial charge in [0.05, 0.1) is 37.3 Å². The number of aromatic nitrogens is 4. The molecule has 1 atom stereocenters. The molecule has 1 aliphatic rings. The van der Waals surface area contributed by atoms with Crippen LogP contribution in [-0.2, 0) is 11.3 Å². The molecule has 7 nitrogen and oxygen atoms in total. The Balaban J connectivity index is 1.35. The molecule has 0 bridgehead atoms. The number of nitrogens with zero attached hydrogens (tertiary/aromatic N) is 5. The number of pyridine rings is 2. The number of ether oxygens (including phenoxy) is 1. The first kappa shape index (κ1) is 18.4. The van der Waals surface area contributed by atoms with Gasteiger partial charge in [-0.05, 0) is 23.8 Å². The third-order valence-corrected chi connectivity index (χ3v) is 5.27. The summed E-state index contributed by atoms with van der Waals surface area (Å²) in [5.74, 6) is -0.0637. The van der Waals surface area contributed by atoms with Crippen molar-refractivity contribution in [1.82, 2.24) is 24.4 Å². The molecule has 1 amide bonds. The lowest BCUT2D eigenvalue weighted by Gasteiger charge is -2.32. The van der Waals surface area contributed by atoms with Crippen molar-refractivity contribution in [1.29, 1.82) is 0 Å². The molecule has 0 saturated carbocycles. The molecule has 1 aliphatic heterocycles. The molecule has 3 aromatic heterocycles. The van der Waals surface area contributed by atoms with Crippen molar-refractivity contribution in [3.05, 3.63) is 90.1 Å². The first-order valence-electron chi connectivity index (χ1n) is 9.94. The molecule has 5 rings (SSSR count). The average molecular weight is 399 g/mol. The van der Waals surface area contributed by atoms with Crippen molar-refractivity contribution in [3.8, 4) is 0 Å². The van der Waals surface area contributed by atoms with Crippen LogP contribution in [0.2, 0.25) is 0 Å². The number of carbonyl (C=O) groups is 1. The summed E-state index contributed by atoms with van der Waals surface area (Å²) in [5, 5.41) is 0. The molecule has 1 aromatic carbocycles. The molecule has 4 aromatic rings. The third-order valence-electron chi connectivity index (χ3n) is 5.27. The van der Waals surface area contributed by atoms with Crippen molar-refractivity contribution in [3.63, 3.8) is 0 Å². The minimum absolute atomic E-state index is 0.0637. The molecule has 30 heavy (non-hydrogen) atoms. The van der Waals surface area contributed by atoms with Crippen LogP contribution in [-0.4, -0.2) is 50.0 Å². The van der Waals surface area contributed by atoms with E-state index in [9.17, 15) is 4.79 Å². The maximum Gasteiger partial charge on any atom is 0.255 e. The smallest absolute Gasteiger partial charge is 0.255 e. The number of hydrogen-bond acceptors (Lipinski definition) is 5. The lowest BCUT2D eigenvalue weighted by molar-refractivity contribution is -0.0247. The fraction of sp³-hybridized carbons (Fsp3) is 0.217. The second kappa shape index (κ2) is 8.04. The number of imidazole rings is 1. The van der Waals surface area contributed by atoms with Crippen LogP contribution in [0.3, 0.4) is 0 Å². The van der Waals surface area contributed by atoms with E-state index in [4.69, 9.17) is 4.74 Å². The maximum atomic E-state index is 13.1. The summed E-state index contributed by atoms with van der Waals surface area (Å²) < 4.78 is 7.81. The van der Waals surface area contributed by atoms with Gasteiger partial charge in [0.15, 0.2) is 5.65 Å². The van der Waals surface area contributed by atoms with Crippen molar-refractivity contribution >= 4 is 17.1 Å². The highest BCUT2D eigenvalue weighted by Gasteiger charge is 2.27. The summed E-state index contributed by atoms with van der Waals surface area (Å²) in [5.41, 5.74) is 4.03. The van der Waals surface area contributed by atoms with Gasteiger partial charge in [0.25, 0.3) is 5.91 Å². The van der Waals surface area contributed by atoms with Crippen molar-refractivity contribution in [2.24, 2.45) is 0 Å². The lowest BCUT2D eigenvalue weighted by atomic mass is 10.1. The number of hydrogen-bond donors (Lipinski definition) is 0. The van der Waals surface area contributed by atoms with E-state index in [1.807, 2.05) is 47.0 Å². The molecule has 7 heteroatoms. The number of benzene rings is 1. The predicted molar refractivity (Wildman–Crippen MR) is 112 cm³/mol. The Hall–Kier alpha value is -3.58. The van der Waals surface area contributed by atoms with Crippen LogP contribution < -0.4 is 0 Å². The Bertz CT molecular complexity index is 1160. The van der Waals surface area contributed by atoms with E-state index >= 15 is 0 Å². The van der Waals surface area contributed by atoms with Gasteiger partial charge in [-0.25, -0.2) is 9.97 Å². The van der Waals surface area contributed by atoms with Gasteiger partial charge >= 0.3 is 0 Å². The maximum absolute atomic E-state index is 13.1. The predicted octanol–water partition coefficient (Wildman–Crippen LogP) is 3.09. The van der Waals surface area contributed by atoms with E-state index in [0.717, 1.165) is 11.3 Å². The van der Waals surface area contributed by atoms with Gasteiger partial charge in [-0.3, -0.25) is 9.78 Å².